The first-order valence-electron chi connectivity index (χ1n) is 6.63. The zero-order chi connectivity index (χ0) is 14.5. The molecule has 1 fully saturated rings. The van der Waals surface area contributed by atoms with Crippen LogP contribution in [0.4, 0.5) is 0 Å². The number of rotatable bonds is 5. The molecule has 4 nitrogen and oxygen atoms in total. The van der Waals surface area contributed by atoms with Crippen LogP contribution in [0.15, 0.2) is 16.6 Å². The summed E-state index contributed by atoms with van der Waals surface area (Å²) in [5, 5.41) is 4.09. The molecule has 1 aliphatic rings. The van der Waals surface area contributed by atoms with Gasteiger partial charge in [-0.3, -0.25) is 0 Å². The van der Waals surface area contributed by atoms with E-state index in [-0.39, 0.29) is 12.1 Å². The molecule has 2 rings (SSSR count). The van der Waals surface area contributed by atoms with E-state index < -0.39 is 0 Å². The predicted molar refractivity (Wildman–Crippen MR) is 82.7 cm³/mol. The highest BCUT2D eigenvalue weighted by atomic mass is 79.9. The van der Waals surface area contributed by atoms with Crippen molar-refractivity contribution in [3.63, 3.8) is 0 Å². The number of benzene rings is 1. The van der Waals surface area contributed by atoms with Crippen molar-refractivity contribution in [3.8, 4) is 5.75 Å². The number of halogens is 2. The SMILES string of the molecule is CCNC(c1cc(Cl)cc(Br)c1OC)C1COCCO1. The standard InChI is InChI=1S/C14H19BrClNO3/c1-3-17-13(12-8-19-4-5-20-12)10-6-9(16)7-11(15)14(10)18-2/h6-7,12-13,17H,3-5,8H2,1-2H3. The molecule has 0 radical (unpaired) electrons. The molecule has 20 heavy (non-hydrogen) atoms. The molecular formula is C14H19BrClNO3. The van der Waals surface area contributed by atoms with Crippen LogP contribution in [0, 0.1) is 0 Å². The van der Waals surface area contributed by atoms with Crippen molar-refractivity contribution < 1.29 is 14.2 Å². The monoisotopic (exact) mass is 363 g/mol. The highest BCUT2D eigenvalue weighted by Gasteiger charge is 2.29. The Morgan fingerprint density at radius 3 is 2.90 bits per heavy atom. The van der Waals surface area contributed by atoms with Crippen molar-refractivity contribution in [3.05, 3.63) is 27.2 Å². The van der Waals surface area contributed by atoms with Gasteiger partial charge in [0.1, 0.15) is 11.9 Å². The Morgan fingerprint density at radius 1 is 1.50 bits per heavy atom. The number of methoxy groups -OCH3 is 1. The second kappa shape index (κ2) is 7.61. The lowest BCUT2D eigenvalue weighted by molar-refractivity contribution is -0.102. The summed E-state index contributed by atoms with van der Waals surface area (Å²) in [4.78, 5) is 0. The normalized spacial score (nSPS) is 20.7. The molecule has 112 valence electrons. The van der Waals surface area contributed by atoms with E-state index in [1.165, 1.54) is 0 Å². The minimum absolute atomic E-state index is 0.0229. The molecule has 0 spiro atoms. The third-order valence-corrected chi connectivity index (χ3v) is 4.02. The third-order valence-electron chi connectivity index (χ3n) is 3.21. The first-order chi connectivity index (χ1) is 9.67. The molecule has 1 aromatic rings. The van der Waals surface area contributed by atoms with Crippen molar-refractivity contribution in [1.82, 2.24) is 5.32 Å². The van der Waals surface area contributed by atoms with E-state index in [1.807, 2.05) is 12.1 Å². The smallest absolute Gasteiger partial charge is 0.138 e. The van der Waals surface area contributed by atoms with Crippen LogP contribution in [-0.2, 0) is 9.47 Å². The molecule has 0 amide bonds. The minimum Gasteiger partial charge on any atom is -0.495 e. The summed E-state index contributed by atoms with van der Waals surface area (Å²) in [5.41, 5.74) is 0.976. The van der Waals surface area contributed by atoms with E-state index in [9.17, 15) is 0 Å². The summed E-state index contributed by atoms with van der Waals surface area (Å²) >= 11 is 9.67. The molecule has 2 atom stereocenters. The van der Waals surface area contributed by atoms with E-state index in [2.05, 4.69) is 28.2 Å². The minimum atomic E-state index is -0.0528. The molecule has 1 aliphatic heterocycles. The summed E-state index contributed by atoms with van der Waals surface area (Å²) in [6, 6.07) is 3.71. The maximum atomic E-state index is 6.18. The predicted octanol–water partition coefficient (Wildman–Crippen LogP) is 3.18. The second-order valence-corrected chi connectivity index (χ2v) is 5.82. The number of nitrogens with one attached hydrogen (secondary N) is 1. The summed E-state index contributed by atoms with van der Waals surface area (Å²) in [6.45, 7) is 4.69. The Balaban J connectivity index is 2.37. The maximum absolute atomic E-state index is 6.18. The first-order valence-corrected chi connectivity index (χ1v) is 7.80. The van der Waals surface area contributed by atoms with E-state index in [0.29, 0.717) is 24.8 Å². The molecule has 6 heteroatoms. The summed E-state index contributed by atoms with van der Waals surface area (Å²) in [6.07, 6.45) is -0.0528. The van der Waals surface area contributed by atoms with Gasteiger partial charge in [-0.15, -0.1) is 0 Å². The van der Waals surface area contributed by atoms with Crippen molar-refractivity contribution in [2.75, 3.05) is 33.5 Å². The molecule has 0 bridgehead atoms. The van der Waals surface area contributed by atoms with Gasteiger partial charge in [-0.2, -0.15) is 0 Å². The molecule has 0 aliphatic carbocycles. The van der Waals surface area contributed by atoms with Crippen LogP contribution in [0.2, 0.25) is 5.02 Å². The van der Waals surface area contributed by atoms with Gasteiger partial charge in [-0.05, 0) is 34.6 Å². The van der Waals surface area contributed by atoms with Crippen LogP contribution >= 0.6 is 27.5 Å². The van der Waals surface area contributed by atoms with Crippen molar-refractivity contribution in [1.29, 1.82) is 0 Å². The zero-order valence-electron chi connectivity index (χ0n) is 11.6. The molecule has 1 aromatic carbocycles. The molecule has 0 saturated carbocycles. The fraction of sp³-hybridized carbons (Fsp3) is 0.571. The molecule has 2 unspecified atom stereocenters. The fourth-order valence-electron chi connectivity index (χ4n) is 2.39. The Labute approximate surface area is 132 Å². The quantitative estimate of drug-likeness (QED) is 0.871. The summed E-state index contributed by atoms with van der Waals surface area (Å²) in [5.74, 6) is 0.773. The number of hydrogen-bond donors (Lipinski definition) is 1. The Kier molecular flexibility index (Phi) is 6.11. The number of ether oxygens (including phenoxy) is 3. The average Bonchev–Trinajstić information content (AvgIpc) is 2.45. The molecule has 1 heterocycles. The highest BCUT2D eigenvalue weighted by molar-refractivity contribution is 9.10. The lowest BCUT2D eigenvalue weighted by Crippen LogP contribution is -2.40. The molecule has 1 N–H and O–H groups in total. The highest BCUT2D eigenvalue weighted by Crippen LogP contribution is 2.38. The van der Waals surface area contributed by atoms with Gasteiger partial charge in [0.2, 0.25) is 0 Å². The lowest BCUT2D eigenvalue weighted by atomic mass is 10.00. The topological polar surface area (TPSA) is 39.7 Å². The number of likely N-dealkylation sites (N-methyl/N-ethyl adjacent to an activating group) is 1. The van der Waals surface area contributed by atoms with Crippen LogP contribution in [0.1, 0.15) is 18.5 Å². The van der Waals surface area contributed by atoms with Crippen LogP contribution in [-0.4, -0.2) is 39.6 Å². The lowest BCUT2D eigenvalue weighted by Gasteiger charge is -2.32. The molecular weight excluding hydrogens is 346 g/mol. The average molecular weight is 365 g/mol. The van der Waals surface area contributed by atoms with Crippen LogP contribution in [0.3, 0.4) is 0 Å². The fourth-order valence-corrected chi connectivity index (χ4v) is 3.38. The van der Waals surface area contributed by atoms with Crippen LogP contribution in [0.25, 0.3) is 0 Å². The van der Waals surface area contributed by atoms with Gasteiger partial charge < -0.3 is 19.5 Å². The van der Waals surface area contributed by atoms with Crippen LogP contribution in [0.5, 0.6) is 5.75 Å². The van der Waals surface area contributed by atoms with Gasteiger partial charge in [0.25, 0.3) is 0 Å². The summed E-state index contributed by atoms with van der Waals surface area (Å²) in [7, 11) is 1.65. The largest absolute Gasteiger partial charge is 0.495 e. The Morgan fingerprint density at radius 2 is 2.30 bits per heavy atom. The Hall–Kier alpha value is -0.330. The van der Waals surface area contributed by atoms with Gasteiger partial charge in [0.15, 0.2) is 0 Å². The molecule has 1 saturated heterocycles. The third kappa shape index (κ3) is 3.65. The van der Waals surface area contributed by atoms with Gasteiger partial charge in [-0.25, -0.2) is 0 Å². The maximum Gasteiger partial charge on any atom is 0.138 e. The van der Waals surface area contributed by atoms with Crippen LogP contribution < -0.4 is 10.1 Å². The number of hydrogen-bond acceptors (Lipinski definition) is 4. The van der Waals surface area contributed by atoms with Crippen molar-refractivity contribution >= 4 is 27.5 Å². The van der Waals surface area contributed by atoms with E-state index >= 15 is 0 Å². The molecule has 0 aromatic heterocycles. The van der Waals surface area contributed by atoms with Gasteiger partial charge in [0.05, 0.1) is 37.4 Å². The van der Waals surface area contributed by atoms with Gasteiger partial charge >= 0.3 is 0 Å². The summed E-state index contributed by atoms with van der Waals surface area (Å²) < 4.78 is 17.7. The second-order valence-electron chi connectivity index (χ2n) is 4.53. The van der Waals surface area contributed by atoms with E-state index in [1.54, 1.807) is 7.11 Å². The van der Waals surface area contributed by atoms with Gasteiger partial charge in [-0.1, -0.05) is 18.5 Å². The first kappa shape index (κ1) is 16.0. The van der Waals surface area contributed by atoms with Crippen molar-refractivity contribution in [2.45, 2.75) is 19.1 Å². The van der Waals surface area contributed by atoms with E-state index in [4.69, 9.17) is 25.8 Å². The van der Waals surface area contributed by atoms with E-state index in [0.717, 1.165) is 22.3 Å². The zero-order valence-corrected chi connectivity index (χ0v) is 14.0. The Bertz CT molecular complexity index is 452. The van der Waals surface area contributed by atoms with Gasteiger partial charge in [0, 0.05) is 10.6 Å². The van der Waals surface area contributed by atoms with Crippen molar-refractivity contribution in [2.24, 2.45) is 0 Å².